The summed E-state index contributed by atoms with van der Waals surface area (Å²) in [6.07, 6.45) is 0.574. The molecule has 0 saturated carbocycles. The van der Waals surface area contributed by atoms with Crippen LogP contribution in [0.5, 0.6) is 0 Å². The van der Waals surface area contributed by atoms with Crippen LogP contribution in [0.2, 0.25) is 0 Å². The summed E-state index contributed by atoms with van der Waals surface area (Å²) < 4.78 is 4.74. The number of carbonyl (C=O) groups excluding carboxylic acids is 2. The number of rotatable bonds is 6. The maximum atomic E-state index is 11.9. The molecule has 0 fully saturated rings. The van der Waals surface area contributed by atoms with Crippen LogP contribution in [-0.2, 0) is 20.7 Å². The predicted molar refractivity (Wildman–Crippen MR) is 91.4 cm³/mol. The molecule has 1 amide bonds. The number of thiazole rings is 1. The minimum atomic E-state index is -0.328. The molecule has 0 bridgehead atoms. The third-order valence-electron chi connectivity index (χ3n) is 3.12. The molecule has 0 saturated heterocycles. The van der Waals surface area contributed by atoms with Gasteiger partial charge in [0.05, 0.1) is 19.2 Å². The van der Waals surface area contributed by atoms with Gasteiger partial charge in [-0.2, -0.15) is 0 Å². The standard InChI is InChI=1S/C17H20N2O3S/c1-11(2)9-14(20)18-17-19-16(12-7-5-4-6-8-12)13(23-17)10-15(21)22-3/h4-8,11H,9-10H2,1-3H3,(H,18,19,20). The summed E-state index contributed by atoms with van der Waals surface area (Å²) in [5.74, 6) is -0.123. The molecule has 0 radical (unpaired) electrons. The number of anilines is 1. The summed E-state index contributed by atoms with van der Waals surface area (Å²) in [5.41, 5.74) is 1.62. The lowest BCUT2D eigenvalue weighted by Gasteiger charge is -2.03. The zero-order chi connectivity index (χ0) is 16.8. The van der Waals surface area contributed by atoms with Crippen LogP contribution in [0.1, 0.15) is 25.1 Å². The van der Waals surface area contributed by atoms with E-state index in [4.69, 9.17) is 4.74 Å². The van der Waals surface area contributed by atoms with Crippen LogP contribution in [0.25, 0.3) is 11.3 Å². The van der Waals surface area contributed by atoms with E-state index in [1.54, 1.807) is 0 Å². The van der Waals surface area contributed by atoms with E-state index in [0.29, 0.717) is 17.2 Å². The fourth-order valence-corrected chi connectivity index (χ4v) is 3.08. The van der Waals surface area contributed by atoms with E-state index in [1.165, 1.54) is 18.4 Å². The first kappa shape index (κ1) is 17.1. The Morgan fingerprint density at radius 1 is 1.26 bits per heavy atom. The highest BCUT2D eigenvalue weighted by molar-refractivity contribution is 7.16. The Hall–Kier alpha value is -2.21. The zero-order valence-electron chi connectivity index (χ0n) is 13.5. The Morgan fingerprint density at radius 3 is 2.57 bits per heavy atom. The molecule has 1 N–H and O–H groups in total. The number of methoxy groups -OCH3 is 1. The second kappa shape index (κ2) is 7.87. The van der Waals surface area contributed by atoms with Gasteiger partial charge in [-0.15, -0.1) is 11.3 Å². The van der Waals surface area contributed by atoms with Crippen molar-refractivity contribution in [2.75, 3.05) is 12.4 Å². The molecule has 0 spiro atoms. The van der Waals surface area contributed by atoms with Crippen molar-refractivity contribution >= 4 is 28.3 Å². The number of ether oxygens (including phenoxy) is 1. The van der Waals surface area contributed by atoms with E-state index < -0.39 is 0 Å². The Balaban J connectivity index is 2.28. The van der Waals surface area contributed by atoms with Gasteiger partial charge in [-0.1, -0.05) is 44.2 Å². The number of esters is 1. The molecule has 0 aliphatic rings. The highest BCUT2D eigenvalue weighted by Gasteiger charge is 2.17. The fourth-order valence-electron chi connectivity index (χ4n) is 2.09. The molecule has 5 nitrogen and oxygen atoms in total. The van der Waals surface area contributed by atoms with Gasteiger partial charge >= 0.3 is 5.97 Å². The van der Waals surface area contributed by atoms with Gasteiger partial charge in [-0.3, -0.25) is 9.59 Å². The van der Waals surface area contributed by atoms with Crippen molar-refractivity contribution in [1.82, 2.24) is 4.98 Å². The molecule has 2 rings (SSSR count). The van der Waals surface area contributed by atoms with Gasteiger partial charge in [-0.25, -0.2) is 4.98 Å². The second-order valence-electron chi connectivity index (χ2n) is 5.56. The number of nitrogens with zero attached hydrogens (tertiary/aromatic N) is 1. The lowest BCUT2D eigenvalue weighted by Crippen LogP contribution is -2.13. The minimum Gasteiger partial charge on any atom is -0.469 e. The van der Waals surface area contributed by atoms with Crippen molar-refractivity contribution in [3.8, 4) is 11.3 Å². The molecular weight excluding hydrogens is 312 g/mol. The van der Waals surface area contributed by atoms with E-state index in [0.717, 1.165) is 10.4 Å². The van der Waals surface area contributed by atoms with Gasteiger partial charge in [0.2, 0.25) is 5.91 Å². The molecule has 122 valence electrons. The van der Waals surface area contributed by atoms with Crippen molar-refractivity contribution in [3.63, 3.8) is 0 Å². The molecule has 1 heterocycles. The molecule has 0 aliphatic heterocycles. The fraction of sp³-hybridized carbons (Fsp3) is 0.353. The second-order valence-corrected chi connectivity index (χ2v) is 6.64. The summed E-state index contributed by atoms with van der Waals surface area (Å²) in [5, 5.41) is 3.32. The SMILES string of the molecule is COC(=O)Cc1sc(NC(=O)CC(C)C)nc1-c1ccccc1. The molecule has 2 aromatic rings. The summed E-state index contributed by atoms with van der Waals surface area (Å²) in [6.45, 7) is 3.97. The molecule has 1 aromatic heterocycles. The van der Waals surface area contributed by atoms with Gasteiger partial charge in [0.1, 0.15) is 0 Å². The number of hydrogen-bond acceptors (Lipinski definition) is 5. The first-order valence-electron chi connectivity index (χ1n) is 7.41. The number of nitrogens with one attached hydrogen (secondary N) is 1. The number of carbonyl (C=O) groups is 2. The number of hydrogen-bond donors (Lipinski definition) is 1. The Bertz CT molecular complexity index is 680. The van der Waals surface area contributed by atoms with Crippen molar-refractivity contribution in [1.29, 1.82) is 0 Å². The van der Waals surface area contributed by atoms with Crippen molar-refractivity contribution in [2.45, 2.75) is 26.7 Å². The van der Waals surface area contributed by atoms with Crippen LogP contribution in [0.3, 0.4) is 0 Å². The first-order valence-corrected chi connectivity index (χ1v) is 8.23. The van der Waals surface area contributed by atoms with Gasteiger partial charge in [0.15, 0.2) is 5.13 Å². The molecule has 1 aromatic carbocycles. The summed E-state index contributed by atoms with van der Waals surface area (Å²) in [4.78, 5) is 28.8. The number of aromatic nitrogens is 1. The quantitative estimate of drug-likeness (QED) is 0.822. The monoisotopic (exact) mass is 332 g/mol. The largest absolute Gasteiger partial charge is 0.469 e. The summed E-state index contributed by atoms with van der Waals surface area (Å²) in [6, 6.07) is 9.59. The van der Waals surface area contributed by atoms with Crippen molar-refractivity contribution in [2.24, 2.45) is 5.92 Å². The highest BCUT2D eigenvalue weighted by atomic mass is 32.1. The molecule has 23 heavy (non-hydrogen) atoms. The Morgan fingerprint density at radius 2 is 1.96 bits per heavy atom. The van der Waals surface area contributed by atoms with Crippen LogP contribution in [0.15, 0.2) is 30.3 Å². The topological polar surface area (TPSA) is 68.3 Å². The van der Waals surface area contributed by atoms with Crippen LogP contribution in [0.4, 0.5) is 5.13 Å². The van der Waals surface area contributed by atoms with Gasteiger partial charge < -0.3 is 10.1 Å². The molecule has 6 heteroatoms. The van der Waals surface area contributed by atoms with E-state index in [2.05, 4.69) is 10.3 Å². The van der Waals surface area contributed by atoms with E-state index in [9.17, 15) is 9.59 Å². The van der Waals surface area contributed by atoms with E-state index >= 15 is 0 Å². The van der Waals surface area contributed by atoms with Crippen LogP contribution >= 0.6 is 11.3 Å². The lowest BCUT2D eigenvalue weighted by molar-refractivity contribution is -0.139. The first-order chi connectivity index (χ1) is 11.0. The normalized spacial score (nSPS) is 10.6. The van der Waals surface area contributed by atoms with Gasteiger partial charge in [0.25, 0.3) is 0 Å². The van der Waals surface area contributed by atoms with E-state index in [1.807, 2.05) is 44.2 Å². The third-order valence-corrected chi connectivity index (χ3v) is 4.09. The lowest BCUT2D eigenvalue weighted by atomic mass is 10.1. The maximum Gasteiger partial charge on any atom is 0.310 e. The minimum absolute atomic E-state index is 0.0713. The third kappa shape index (κ3) is 4.89. The average Bonchev–Trinajstić information content (AvgIpc) is 2.89. The molecule has 0 atom stereocenters. The van der Waals surface area contributed by atoms with Crippen LogP contribution in [0, 0.1) is 5.92 Å². The Kier molecular flexibility index (Phi) is 5.87. The molecule has 0 unspecified atom stereocenters. The Labute approximate surface area is 139 Å². The highest BCUT2D eigenvalue weighted by Crippen LogP contribution is 2.31. The smallest absolute Gasteiger partial charge is 0.310 e. The van der Waals surface area contributed by atoms with Crippen molar-refractivity contribution < 1.29 is 14.3 Å². The summed E-state index contributed by atoms with van der Waals surface area (Å²) in [7, 11) is 1.36. The van der Waals surface area contributed by atoms with Crippen LogP contribution in [-0.4, -0.2) is 24.0 Å². The zero-order valence-corrected chi connectivity index (χ0v) is 14.3. The number of benzene rings is 1. The molecule has 0 aliphatic carbocycles. The van der Waals surface area contributed by atoms with Crippen LogP contribution < -0.4 is 5.32 Å². The molecular formula is C17H20N2O3S. The predicted octanol–water partition coefficient (Wildman–Crippen LogP) is 3.51. The van der Waals surface area contributed by atoms with Gasteiger partial charge in [0, 0.05) is 16.9 Å². The maximum absolute atomic E-state index is 11.9. The summed E-state index contributed by atoms with van der Waals surface area (Å²) >= 11 is 1.31. The van der Waals surface area contributed by atoms with E-state index in [-0.39, 0.29) is 24.2 Å². The number of amides is 1. The van der Waals surface area contributed by atoms with Crippen molar-refractivity contribution in [3.05, 3.63) is 35.2 Å². The average molecular weight is 332 g/mol. The van der Waals surface area contributed by atoms with Gasteiger partial charge in [-0.05, 0) is 5.92 Å².